The predicted molar refractivity (Wildman–Crippen MR) is 125 cm³/mol. The lowest BCUT2D eigenvalue weighted by Crippen LogP contribution is -2.55. The molecule has 0 heterocycles. The molecule has 1 rings (SSSR count). The highest BCUT2D eigenvalue weighted by Crippen LogP contribution is 2.11. The predicted octanol–water partition coefficient (Wildman–Crippen LogP) is -0.148. The summed E-state index contributed by atoms with van der Waals surface area (Å²) in [5, 5.41) is 7.47. The van der Waals surface area contributed by atoms with Gasteiger partial charge in [0, 0.05) is 12.1 Å². The van der Waals surface area contributed by atoms with E-state index in [0.717, 1.165) is 7.11 Å². The van der Waals surface area contributed by atoms with E-state index in [2.05, 4.69) is 25.4 Å². The van der Waals surface area contributed by atoms with Crippen LogP contribution in [-0.2, 0) is 33.4 Å². The van der Waals surface area contributed by atoms with E-state index < -0.39 is 53.6 Å². The Bertz CT molecular complexity index is 949. The van der Waals surface area contributed by atoms with Crippen LogP contribution >= 0.6 is 0 Å². The van der Waals surface area contributed by atoms with E-state index in [9.17, 15) is 28.8 Å². The fourth-order valence-corrected chi connectivity index (χ4v) is 3.02. The van der Waals surface area contributed by atoms with Gasteiger partial charge < -0.3 is 31.2 Å². The summed E-state index contributed by atoms with van der Waals surface area (Å²) >= 11 is 0. The number of carbonyl (C=O) groups excluding carboxylic acids is 6. The number of Topliss-reactive ketones (excluding diaryl/α,β-unsaturated/α-hetero) is 1. The SMILES string of the molecule is CC[C@H](NC(=O)[C@H](CCC(=O)OC)NC(=O)c1ccccc1N)C(=O)N[C@@H](CC(=O)OC)C(C)=O. The smallest absolute Gasteiger partial charge is 0.308 e. The maximum atomic E-state index is 13.0. The average Bonchev–Trinajstić information content (AvgIpc) is 2.83. The number of hydrogen-bond acceptors (Lipinski definition) is 9. The number of nitrogen functional groups attached to an aromatic ring is 1. The van der Waals surface area contributed by atoms with Gasteiger partial charge in [-0.25, -0.2) is 0 Å². The molecular weight excluding hydrogens is 460 g/mol. The molecule has 192 valence electrons. The number of ketones is 1. The fourth-order valence-electron chi connectivity index (χ4n) is 3.02. The van der Waals surface area contributed by atoms with Crippen LogP contribution in [-0.4, -0.2) is 67.8 Å². The Kier molecular flexibility index (Phi) is 11.9. The highest BCUT2D eigenvalue weighted by atomic mass is 16.5. The molecule has 12 nitrogen and oxygen atoms in total. The largest absolute Gasteiger partial charge is 0.469 e. The maximum Gasteiger partial charge on any atom is 0.308 e. The number of nitrogens with two attached hydrogens (primary N) is 1. The van der Waals surface area contributed by atoms with Gasteiger partial charge in [-0.2, -0.15) is 0 Å². The van der Waals surface area contributed by atoms with Crippen LogP contribution in [0.15, 0.2) is 24.3 Å². The van der Waals surface area contributed by atoms with E-state index in [1.165, 1.54) is 26.2 Å². The number of methoxy groups -OCH3 is 2. The molecule has 0 fully saturated rings. The van der Waals surface area contributed by atoms with Gasteiger partial charge in [0.2, 0.25) is 11.8 Å². The molecule has 0 saturated carbocycles. The minimum Gasteiger partial charge on any atom is -0.469 e. The summed E-state index contributed by atoms with van der Waals surface area (Å²) in [6, 6.07) is 2.85. The summed E-state index contributed by atoms with van der Waals surface area (Å²) in [6.07, 6.45) is -0.497. The van der Waals surface area contributed by atoms with Crippen LogP contribution in [0.4, 0.5) is 5.69 Å². The number of benzene rings is 1. The van der Waals surface area contributed by atoms with Crippen molar-refractivity contribution in [2.75, 3.05) is 20.0 Å². The minimum absolute atomic E-state index is 0.104. The molecule has 0 bridgehead atoms. The lowest BCUT2D eigenvalue weighted by atomic mass is 10.1. The summed E-state index contributed by atoms with van der Waals surface area (Å²) < 4.78 is 9.13. The Morgan fingerprint density at radius 1 is 0.857 bits per heavy atom. The molecule has 5 N–H and O–H groups in total. The Balaban J connectivity index is 2.99. The molecule has 3 amide bonds. The molecule has 0 saturated heterocycles. The van der Waals surface area contributed by atoms with E-state index in [-0.39, 0.29) is 36.9 Å². The third-order valence-corrected chi connectivity index (χ3v) is 5.14. The van der Waals surface area contributed by atoms with E-state index in [0.29, 0.717) is 0 Å². The van der Waals surface area contributed by atoms with Crippen molar-refractivity contribution in [1.82, 2.24) is 16.0 Å². The van der Waals surface area contributed by atoms with Crippen molar-refractivity contribution in [2.24, 2.45) is 0 Å². The monoisotopic (exact) mass is 492 g/mol. The molecule has 3 atom stereocenters. The second-order valence-corrected chi connectivity index (χ2v) is 7.65. The van der Waals surface area contributed by atoms with Gasteiger partial charge in [-0.05, 0) is 31.9 Å². The highest BCUT2D eigenvalue weighted by molar-refractivity contribution is 6.02. The first-order valence-electron chi connectivity index (χ1n) is 10.9. The summed E-state index contributed by atoms with van der Waals surface area (Å²) in [5.74, 6) is -3.81. The average molecular weight is 493 g/mol. The molecule has 0 radical (unpaired) electrons. The molecule has 1 aromatic rings. The van der Waals surface area contributed by atoms with Crippen LogP contribution in [0.5, 0.6) is 0 Å². The topological polar surface area (TPSA) is 183 Å². The summed E-state index contributed by atoms with van der Waals surface area (Å²) in [7, 11) is 2.35. The molecule has 0 aliphatic heterocycles. The first-order chi connectivity index (χ1) is 16.5. The number of para-hydroxylation sites is 1. The van der Waals surface area contributed by atoms with Gasteiger partial charge in [0.05, 0.1) is 32.2 Å². The third-order valence-electron chi connectivity index (χ3n) is 5.14. The van der Waals surface area contributed by atoms with Crippen molar-refractivity contribution in [1.29, 1.82) is 0 Å². The van der Waals surface area contributed by atoms with Crippen LogP contribution in [0, 0.1) is 0 Å². The highest BCUT2D eigenvalue weighted by Gasteiger charge is 2.29. The molecule has 35 heavy (non-hydrogen) atoms. The number of ether oxygens (including phenoxy) is 2. The van der Waals surface area contributed by atoms with Gasteiger partial charge in [-0.15, -0.1) is 0 Å². The Morgan fingerprint density at radius 3 is 1.97 bits per heavy atom. The van der Waals surface area contributed by atoms with E-state index >= 15 is 0 Å². The Morgan fingerprint density at radius 2 is 1.43 bits per heavy atom. The van der Waals surface area contributed by atoms with Crippen molar-refractivity contribution >= 4 is 41.1 Å². The fraction of sp³-hybridized carbons (Fsp3) is 0.478. The zero-order chi connectivity index (χ0) is 26.5. The van der Waals surface area contributed by atoms with E-state index in [1.807, 2.05) is 0 Å². The van der Waals surface area contributed by atoms with Crippen LogP contribution in [0.25, 0.3) is 0 Å². The molecular formula is C23H32N4O8. The molecule has 0 aliphatic rings. The lowest BCUT2D eigenvalue weighted by Gasteiger charge is -2.24. The van der Waals surface area contributed by atoms with Crippen LogP contribution < -0.4 is 21.7 Å². The van der Waals surface area contributed by atoms with Crippen molar-refractivity contribution in [3.63, 3.8) is 0 Å². The number of esters is 2. The first kappa shape index (κ1) is 29.1. The molecule has 0 aliphatic carbocycles. The number of amides is 3. The van der Waals surface area contributed by atoms with Crippen molar-refractivity contribution < 1.29 is 38.2 Å². The Hall–Kier alpha value is -3.96. The summed E-state index contributed by atoms with van der Waals surface area (Å²) in [5.41, 5.74) is 6.16. The second-order valence-electron chi connectivity index (χ2n) is 7.65. The standard InChI is InChI=1S/C23H32N4O8/c1-5-16(22(32)27-18(13(2)28)12-20(30)35-4)25-23(33)17(10-11-19(29)34-3)26-21(31)14-8-6-7-9-15(14)24/h6-9,16-18H,5,10-12,24H2,1-4H3,(H,25,33)(H,26,31)(H,27,32)/t16-,17-,18-/m0/s1. The lowest BCUT2D eigenvalue weighted by molar-refractivity contribution is -0.143. The number of hydrogen-bond donors (Lipinski definition) is 4. The molecule has 0 unspecified atom stereocenters. The van der Waals surface area contributed by atoms with Crippen LogP contribution in [0.3, 0.4) is 0 Å². The van der Waals surface area contributed by atoms with Crippen molar-refractivity contribution in [2.45, 2.75) is 57.7 Å². The molecule has 0 aromatic heterocycles. The molecule has 12 heteroatoms. The zero-order valence-electron chi connectivity index (χ0n) is 20.2. The number of carbonyl (C=O) groups is 6. The van der Waals surface area contributed by atoms with E-state index in [1.54, 1.807) is 19.1 Å². The maximum absolute atomic E-state index is 13.0. The van der Waals surface area contributed by atoms with Gasteiger partial charge in [0.1, 0.15) is 12.1 Å². The molecule has 0 spiro atoms. The zero-order valence-corrected chi connectivity index (χ0v) is 20.2. The second kappa shape index (κ2) is 14.3. The van der Waals surface area contributed by atoms with Crippen molar-refractivity contribution in [3.05, 3.63) is 29.8 Å². The van der Waals surface area contributed by atoms with Gasteiger partial charge in [0.15, 0.2) is 5.78 Å². The third kappa shape index (κ3) is 9.43. The Labute approximate surface area is 203 Å². The van der Waals surface area contributed by atoms with Gasteiger partial charge >= 0.3 is 11.9 Å². The quantitative estimate of drug-likeness (QED) is 0.215. The summed E-state index contributed by atoms with van der Waals surface area (Å²) in [6.45, 7) is 2.83. The van der Waals surface area contributed by atoms with Gasteiger partial charge in [-0.1, -0.05) is 19.1 Å². The van der Waals surface area contributed by atoms with Crippen LogP contribution in [0.2, 0.25) is 0 Å². The minimum atomic E-state index is -1.19. The van der Waals surface area contributed by atoms with Gasteiger partial charge in [-0.3, -0.25) is 28.8 Å². The normalized spacial score (nSPS) is 12.9. The number of rotatable bonds is 13. The van der Waals surface area contributed by atoms with Crippen molar-refractivity contribution in [3.8, 4) is 0 Å². The first-order valence-corrected chi connectivity index (χ1v) is 10.9. The van der Waals surface area contributed by atoms with Crippen LogP contribution in [0.1, 0.15) is 49.9 Å². The van der Waals surface area contributed by atoms with E-state index in [4.69, 9.17) is 5.73 Å². The number of anilines is 1. The number of nitrogens with one attached hydrogen (secondary N) is 3. The van der Waals surface area contributed by atoms with Gasteiger partial charge in [0.25, 0.3) is 5.91 Å². The molecule has 1 aromatic carbocycles. The summed E-state index contributed by atoms with van der Waals surface area (Å²) in [4.78, 5) is 73.3.